The number of carboxylic acids is 1. The van der Waals surface area contributed by atoms with Gasteiger partial charge in [-0.1, -0.05) is 38.1 Å². The first-order valence-electron chi connectivity index (χ1n) is 7.88. The van der Waals surface area contributed by atoms with Gasteiger partial charge in [0.1, 0.15) is 0 Å². The van der Waals surface area contributed by atoms with Gasteiger partial charge in [-0.2, -0.15) is 0 Å². The average molecular weight is 302 g/mol. The van der Waals surface area contributed by atoms with Crippen molar-refractivity contribution in [2.24, 2.45) is 5.92 Å². The Bertz CT molecular complexity index is 595. The van der Waals surface area contributed by atoms with Crippen LogP contribution in [0.15, 0.2) is 24.3 Å². The molecule has 1 N–H and O–H groups in total. The van der Waals surface area contributed by atoms with Crippen molar-refractivity contribution in [1.82, 2.24) is 9.80 Å². The number of rotatable bonds is 3. The number of benzene rings is 1. The second-order valence-corrected chi connectivity index (χ2v) is 6.45. The van der Waals surface area contributed by atoms with Crippen LogP contribution in [0.1, 0.15) is 43.4 Å². The summed E-state index contributed by atoms with van der Waals surface area (Å²) in [6.45, 7) is 6.06. The third kappa shape index (κ3) is 2.34. The second-order valence-electron chi connectivity index (χ2n) is 6.45. The van der Waals surface area contributed by atoms with Gasteiger partial charge in [-0.25, -0.2) is 4.79 Å². The predicted octanol–water partition coefficient (Wildman–Crippen LogP) is 2.69. The zero-order valence-corrected chi connectivity index (χ0v) is 13.0. The molecule has 118 valence electrons. The van der Waals surface area contributed by atoms with Crippen molar-refractivity contribution in [3.8, 4) is 0 Å². The van der Waals surface area contributed by atoms with Crippen LogP contribution in [0.4, 0.5) is 4.79 Å². The Hall–Kier alpha value is -2.04. The summed E-state index contributed by atoms with van der Waals surface area (Å²) in [4.78, 5) is 27.5. The molecule has 2 heterocycles. The highest BCUT2D eigenvalue weighted by molar-refractivity contribution is 5.82. The molecule has 2 aliphatic rings. The van der Waals surface area contributed by atoms with Gasteiger partial charge in [-0.05, 0) is 23.5 Å². The molecule has 1 aromatic rings. The highest BCUT2D eigenvalue weighted by Gasteiger charge is 2.49. The molecule has 22 heavy (non-hydrogen) atoms. The second kappa shape index (κ2) is 5.63. The van der Waals surface area contributed by atoms with E-state index in [4.69, 9.17) is 0 Å². The number of likely N-dealkylation sites (tertiary alicyclic amines) is 2. The minimum Gasteiger partial charge on any atom is -0.481 e. The van der Waals surface area contributed by atoms with Crippen LogP contribution in [0.2, 0.25) is 0 Å². The van der Waals surface area contributed by atoms with Gasteiger partial charge in [-0.3, -0.25) is 4.79 Å². The van der Waals surface area contributed by atoms with Crippen molar-refractivity contribution in [2.45, 2.75) is 32.2 Å². The maximum absolute atomic E-state index is 12.5. The average Bonchev–Trinajstić information content (AvgIpc) is 2.35. The number of amides is 2. The molecule has 0 radical (unpaired) electrons. The molecule has 2 aliphatic heterocycles. The Labute approximate surface area is 130 Å². The molecule has 0 aliphatic carbocycles. The summed E-state index contributed by atoms with van der Waals surface area (Å²) >= 11 is 0. The lowest BCUT2D eigenvalue weighted by molar-refractivity contribution is -0.150. The molecule has 3 rings (SSSR count). The minimum atomic E-state index is -0.823. The van der Waals surface area contributed by atoms with Crippen molar-refractivity contribution in [3.63, 3.8) is 0 Å². The van der Waals surface area contributed by atoms with E-state index in [0.29, 0.717) is 12.5 Å². The highest BCUT2D eigenvalue weighted by Crippen LogP contribution is 2.42. The number of nitrogens with zero attached hydrogens (tertiary/aromatic N) is 2. The SMILES string of the molecule is CC(C)c1ccccc1C1C(C(=O)O)CN1C(=O)N1CCC1. The maximum Gasteiger partial charge on any atom is 0.320 e. The molecule has 2 saturated heterocycles. The van der Waals surface area contributed by atoms with Crippen LogP contribution in [-0.2, 0) is 4.79 Å². The molecule has 1 aromatic carbocycles. The summed E-state index contributed by atoms with van der Waals surface area (Å²) in [6, 6.07) is 7.52. The van der Waals surface area contributed by atoms with Crippen LogP contribution in [0.5, 0.6) is 0 Å². The quantitative estimate of drug-likeness (QED) is 0.934. The Balaban J connectivity index is 1.92. The number of hydrogen-bond donors (Lipinski definition) is 1. The number of urea groups is 1. The van der Waals surface area contributed by atoms with Crippen LogP contribution in [0, 0.1) is 5.92 Å². The van der Waals surface area contributed by atoms with Gasteiger partial charge in [0.25, 0.3) is 0 Å². The monoisotopic (exact) mass is 302 g/mol. The van der Waals surface area contributed by atoms with Gasteiger partial charge in [0, 0.05) is 19.6 Å². The number of carboxylic acid groups (broad SMARTS) is 1. The molecule has 2 amide bonds. The molecule has 0 bridgehead atoms. The van der Waals surface area contributed by atoms with Gasteiger partial charge >= 0.3 is 12.0 Å². The van der Waals surface area contributed by atoms with Gasteiger partial charge in [-0.15, -0.1) is 0 Å². The van der Waals surface area contributed by atoms with E-state index >= 15 is 0 Å². The molecule has 0 aromatic heterocycles. The molecular formula is C17H22N2O3. The van der Waals surface area contributed by atoms with E-state index in [-0.39, 0.29) is 12.1 Å². The lowest BCUT2D eigenvalue weighted by Gasteiger charge is -2.50. The van der Waals surface area contributed by atoms with Crippen molar-refractivity contribution in [2.75, 3.05) is 19.6 Å². The fraction of sp³-hybridized carbons (Fsp3) is 0.529. The molecule has 0 spiro atoms. The fourth-order valence-corrected chi connectivity index (χ4v) is 3.29. The van der Waals surface area contributed by atoms with Gasteiger partial charge in [0.15, 0.2) is 0 Å². The van der Waals surface area contributed by atoms with Crippen LogP contribution in [-0.4, -0.2) is 46.5 Å². The van der Waals surface area contributed by atoms with E-state index in [1.807, 2.05) is 24.3 Å². The van der Waals surface area contributed by atoms with Gasteiger partial charge in [0.2, 0.25) is 0 Å². The summed E-state index contributed by atoms with van der Waals surface area (Å²) in [7, 11) is 0. The Morgan fingerprint density at radius 2 is 1.91 bits per heavy atom. The van der Waals surface area contributed by atoms with Gasteiger partial charge < -0.3 is 14.9 Å². The van der Waals surface area contributed by atoms with E-state index in [1.165, 1.54) is 0 Å². The molecule has 2 fully saturated rings. The lowest BCUT2D eigenvalue weighted by Crippen LogP contribution is -2.61. The van der Waals surface area contributed by atoms with Crippen LogP contribution in [0.25, 0.3) is 0 Å². The fourth-order valence-electron chi connectivity index (χ4n) is 3.29. The summed E-state index contributed by atoms with van der Waals surface area (Å²) < 4.78 is 0. The molecule has 2 unspecified atom stereocenters. The minimum absolute atomic E-state index is 0.0210. The van der Waals surface area contributed by atoms with Gasteiger partial charge in [0.05, 0.1) is 12.0 Å². The Kier molecular flexibility index (Phi) is 3.81. The smallest absolute Gasteiger partial charge is 0.320 e. The summed E-state index contributed by atoms with van der Waals surface area (Å²) in [5.41, 5.74) is 2.10. The topological polar surface area (TPSA) is 60.9 Å². The van der Waals surface area contributed by atoms with E-state index in [0.717, 1.165) is 30.6 Å². The first-order valence-corrected chi connectivity index (χ1v) is 7.88. The number of carbonyl (C=O) groups excluding carboxylic acids is 1. The van der Waals surface area contributed by atoms with Crippen LogP contribution in [0.3, 0.4) is 0 Å². The Morgan fingerprint density at radius 1 is 1.23 bits per heavy atom. The first-order chi connectivity index (χ1) is 10.5. The van der Waals surface area contributed by atoms with E-state index in [9.17, 15) is 14.7 Å². The molecule has 0 saturated carbocycles. The third-order valence-electron chi connectivity index (χ3n) is 4.74. The first kappa shape index (κ1) is 14.9. The summed E-state index contributed by atoms with van der Waals surface area (Å²) in [5.74, 6) is -1.03. The van der Waals surface area contributed by atoms with E-state index in [1.54, 1.807) is 9.80 Å². The third-order valence-corrected chi connectivity index (χ3v) is 4.74. The zero-order valence-electron chi connectivity index (χ0n) is 13.0. The highest BCUT2D eigenvalue weighted by atomic mass is 16.4. The maximum atomic E-state index is 12.5. The van der Waals surface area contributed by atoms with Crippen LogP contribution >= 0.6 is 0 Å². The summed E-state index contributed by atoms with van der Waals surface area (Å²) in [6.07, 6.45) is 1.04. The molecule has 5 nitrogen and oxygen atoms in total. The molecule has 5 heteroatoms. The number of aliphatic carboxylic acids is 1. The largest absolute Gasteiger partial charge is 0.481 e. The number of carbonyl (C=O) groups is 2. The predicted molar refractivity (Wildman–Crippen MR) is 82.7 cm³/mol. The summed E-state index contributed by atoms with van der Waals surface area (Å²) in [5, 5.41) is 9.45. The van der Waals surface area contributed by atoms with Crippen molar-refractivity contribution < 1.29 is 14.7 Å². The van der Waals surface area contributed by atoms with E-state index < -0.39 is 11.9 Å². The van der Waals surface area contributed by atoms with Crippen LogP contribution < -0.4 is 0 Å². The van der Waals surface area contributed by atoms with E-state index in [2.05, 4.69) is 13.8 Å². The van der Waals surface area contributed by atoms with Crippen molar-refractivity contribution in [3.05, 3.63) is 35.4 Å². The van der Waals surface area contributed by atoms with Crippen molar-refractivity contribution >= 4 is 12.0 Å². The Morgan fingerprint density at radius 3 is 2.45 bits per heavy atom. The molecule has 2 atom stereocenters. The normalized spacial score (nSPS) is 24.0. The number of hydrogen-bond acceptors (Lipinski definition) is 2. The standard InChI is InChI=1S/C17H22N2O3/c1-11(2)12-6-3-4-7-13(12)15-14(16(20)21)10-19(15)17(22)18-8-5-9-18/h3-4,6-7,11,14-15H,5,8-10H2,1-2H3,(H,20,21). The zero-order chi connectivity index (χ0) is 15.9. The molecular weight excluding hydrogens is 280 g/mol. The van der Waals surface area contributed by atoms with Crippen molar-refractivity contribution in [1.29, 1.82) is 0 Å². The lowest BCUT2D eigenvalue weighted by atomic mass is 9.79.